The summed E-state index contributed by atoms with van der Waals surface area (Å²) in [6.07, 6.45) is 13.2. The van der Waals surface area contributed by atoms with Crippen LogP contribution >= 0.6 is 0 Å². The van der Waals surface area contributed by atoms with E-state index < -0.39 is 5.49 Å². The van der Waals surface area contributed by atoms with Crippen molar-refractivity contribution in [3.05, 3.63) is 107 Å². The van der Waals surface area contributed by atoms with Gasteiger partial charge in [0, 0.05) is 0 Å². The Morgan fingerprint density at radius 3 is 1.11 bits per heavy atom. The average molecular weight is 702 g/mol. The number of rotatable bonds is 2. The van der Waals surface area contributed by atoms with Crippen molar-refractivity contribution in [3.8, 4) is 0 Å². The number of allylic oxidation sites excluding steroid dienone is 8. The first-order valence-electron chi connectivity index (χ1n) is 12.1. The molecule has 2 aliphatic carbocycles. The maximum atomic E-state index is 3.30. The van der Waals surface area contributed by atoms with Crippen LogP contribution in [0.3, 0.4) is 0 Å². The molecule has 36 heavy (non-hydrogen) atoms. The summed E-state index contributed by atoms with van der Waals surface area (Å²) >= 11 is 1.27. The second kappa shape index (κ2) is 16.1. The van der Waals surface area contributed by atoms with E-state index in [1.807, 2.05) is 0 Å². The molecule has 0 aromatic heterocycles. The Morgan fingerprint density at radius 2 is 0.917 bits per heavy atom. The molecule has 0 amide bonds. The standard InChI is InChI=1S/C12H10Si.2C10H15.2ClH.Hf/c1-3-7-11(8-4-1)13-12-9-5-2-6-10-12;2*1-8-5-6-9(7-8)10(2,3)4;;;/h1-10H;2*7H,6H2,1-4H3;2*1H;/q;2*-1;;;+2/p-2. The molecule has 0 unspecified atom stereocenters. The van der Waals surface area contributed by atoms with Crippen LogP contribution in [-0.2, 0) is 23.0 Å². The Balaban J connectivity index is 0.000000508. The van der Waals surface area contributed by atoms with Gasteiger partial charge >= 0.3 is 99.5 Å². The van der Waals surface area contributed by atoms with Crippen LogP contribution in [0.2, 0.25) is 0 Å². The molecule has 0 fully saturated rings. The van der Waals surface area contributed by atoms with E-state index in [1.165, 1.54) is 55.7 Å². The summed E-state index contributed by atoms with van der Waals surface area (Å²) in [6, 6.07) is 21.8. The molecule has 0 N–H and O–H groups in total. The van der Waals surface area contributed by atoms with Crippen molar-refractivity contribution >= 4 is 15.9 Å². The molecule has 0 saturated carbocycles. The molecule has 4 rings (SSSR count). The van der Waals surface area contributed by atoms with Gasteiger partial charge in [0.05, 0.1) is 0 Å². The Hall–Kier alpha value is -0.933. The molecule has 0 heterocycles. The van der Waals surface area contributed by atoms with Gasteiger partial charge < -0.3 is 24.8 Å². The van der Waals surface area contributed by atoms with Crippen molar-refractivity contribution in [1.29, 1.82) is 0 Å². The SMILES string of the molecule is CC1=[C-]CC(C(C)(C)C)=C1.CC1=[C-]CC(C(C)(C)C)=C1.[Cl-].[Cl-].[Hf+2]=[Si](c1ccccc1)c1ccccc1. The number of hydrogen-bond donors (Lipinski definition) is 0. The Labute approximate surface area is 248 Å². The van der Waals surface area contributed by atoms with Gasteiger partial charge in [0.1, 0.15) is 0 Å². The van der Waals surface area contributed by atoms with Gasteiger partial charge in [0.15, 0.2) is 0 Å². The summed E-state index contributed by atoms with van der Waals surface area (Å²) in [4.78, 5) is 0. The van der Waals surface area contributed by atoms with Crippen LogP contribution < -0.4 is 35.2 Å². The second-order valence-electron chi connectivity index (χ2n) is 11.0. The van der Waals surface area contributed by atoms with Gasteiger partial charge in [-0.1, -0.05) is 55.4 Å². The van der Waals surface area contributed by atoms with Crippen LogP contribution in [0, 0.1) is 23.0 Å². The third-order valence-electron chi connectivity index (χ3n) is 5.95. The molecule has 0 radical (unpaired) electrons. The van der Waals surface area contributed by atoms with Gasteiger partial charge in [-0.05, 0) is 10.8 Å². The van der Waals surface area contributed by atoms with Crippen molar-refractivity contribution in [1.82, 2.24) is 0 Å². The number of halogens is 2. The zero-order valence-corrected chi connectivity index (χ0v) is 29.2. The molecule has 2 aromatic rings. The third-order valence-corrected chi connectivity index (χ3v) is 14.0. The zero-order valence-electron chi connectivity index (χ0n) is 23.1. The van der Waals surface area contributed by atoms with Crippen LogP contribution in [-0.4, -0.2) is 5.49 Å². The molecule has 192 valence electrons. The van der Waals surface area contributed by atoms with Crippen LogP contribution in [0.4, 0.5) is 0 Å². The molecule has 0 bridgehead atoms. The van der Waals surface area contributed by atoms with Crippen molar-refractivity contribution < 1.29 is 47.8 Å². The van der Waals surface area contributed by atoms with Crippen molar-refractivity contribution in [2.24, 2.45) is 10.8 Å². The van der Waals surface area contributed by atoms with Crippen LogP contribution in [0.5, 0.6) is 0 Å². The van der Waals surface area contributed by atoms with Crippen LogP contribution in [0.25, 0.3) is 0 Å². The molecule has 0 aliphatic heterocycles. The van der Waals surface area contributed by atoms with E-state index in [-0.39, 0.29) is 24.8 Å². The summed E-state index contributed by atoms with van der Waals surface area (Å²) < 4.78 is 0. The maximum absolute atomic E-state index is 3.30. The summed E-state index contributed by atoms with van der Waals surface area (Å²) in [5.74, 6) is 0. The Kier molecular flexibility index (Phi) is 15.7. The summed E-state index contributed by atoms with van der Waals surface area (Å²) in [6.45, 7) is 17.7. The fourth-order valence-corrected chi connectivity index (χ4v) is 8.51. The van der Waals surface area contributed by atoms with Crippen molar-refractivity contribution in [2.45, 2.75) is 68.2 Å². The normalized spacial score (nSPS) is 14.3. The summed E-state index contributed by atoms with van der Waals surface area (Å²) in [5, 5.41) is 3.07. The van der Waals surface area contributed by atoms with Crippen molar-refractivity contribution in [2.75, 3.05) is 0 Å². The quantitative estimate of drug-likeness (QED) is 0.330. The number of hydrogen-bond acceptors (Lipinski definition) is 0. The van der Waals surface area contributed by atoms with E-state index in [1.54, 1.807) is 0 Å². The molecule has 4 heteroatoms. The van der Waals surface area contributed by atoms with Gasteiger partial charge in [0.25, 0.3) is 0 Å². The number of benzene rings is 2. The van der Waals surface area contributed by atoms with E-state index in [9.17, 15) is 0 Å². The van der Waals surface area contributed by atoms with Gasteiger partial charge in [-0.3, -0.25) is 12.2 Å². The van der Waals surface area contributed by atoms with Crippen molar-refractivity contribution in [3.63, 3.8) is 0 Å². The average Bonchev–Trinajstić information content (AvgIpc) is 3.44. The first-order valence-corrected chi connectivity index (χ1v) is 19.0. The molecule has 2 aliphatic rings. The molecular weight excluding hydrogens is 662 g/mol. The van der Waals surface area contributed by atoms with Crippen LogP contribution in [0.1, 0.15) is 68.2 Å². The van der Waals surface area contributed by atoms with E-state index in [2.05, 4.69) is 140 Å². The molecule has 0 saturated heterocycles. The van der Waals surface area contributed by atoms with Gasteiger partial charge in [-0.2, -0.15) is 11.1 Å². The monoisotopic (exact) mass is 702 g/mol. The second-order valence-corrected chi connectivity index (χ2v) is 18.3. The molecule has 0 nitrogen and oxygen atoms in total. The van der Waals surface area contributed by atoms with E-state index in [4.69, 9.17) is 0 Å². The third kappa shape index (κ3) is 12.1. The Morgan fingerprint density at radius 1 is 0.611 bits per heavy atom. The minimum absolute atomic E-state index is 0. The first kappa shape index (κ1) is 35.1. The summed E-state index contributed by atoms with van der Waals surface area (Å²) in [5.41, 5.74) is 5.87. The van der Waals surface area contributed by atoms with E-state index >= 15 is 0 Å². The van der Waals surface area contributed by atoms with Gasteiger partial charge in [0.2, 0.25) is 0 Å². The molecular formula is C32H40Cl2HfSi-2. The summed E-state index contributed by atoms with van der Waals surface area (Å²) in [7, 11) is 0. The van der Waals surface area contributed by atoms with E-state index in [0.29, 0.717) is 10.8 Å². The van der Waals surface area contributed by atoms with Gasteiger partial charge in [-0.15, -0.1) is 12.8 Å². The van der Waals surface area contributed by atoms with E-state index in [0.717, 1.165) is 12.8 Å². The fourth-order valence-electron chi connectivity index (χ4n) is 3.54. The molecule has 0 spiro atoms. The Bertz CT molecular complexity index is 993. The predicted octanol–water partition coefficient (Wildman–Crippen LogP) is 1.57. The molecule has 0 atom stereocenters. The topological polar surface area (TPSA) is 0 Å². The first-order chi connectivity index (χ1) is 15.9. The minimum atomic E-state index is -0.406. The van der Waals surface area contributed by atoms with Crippen LogP contribution in [0.15, 0.2) is 95.1 Å². The molecule has 2 aromatic carbocycles. The fraction of sp³-hybridized carbons (Fsp3) is 0.375. The van der Waals surface area contributed by atoms with Gasteiger partial charge in [-0.25, -0.2) is 23.3 Å². The zero-order chi connectivity index (χ0) is 25.4. The predicted molar refractivity (Wildman–Crippen MR) is 147 cm³/mol.